The summed E-state index contributed by atoms with van der Waals surface area (Å²) in [4.78, 5) is 11.6. The molecular weight excluding hydrogens is 166 g/mol. The fourth-order valence-electron chi connectivity index (χ4n) is 1.26. The summed E-state index contributed by atoms with van der Waals surface area (Å²) in [5.41, 5.74) is -0.294. The van der Waals surface area contributed by atoms with Gasteiger partial charge in [0, 0.05) is 12.0 Å². The van der Waals surface area contributed by atoms with Crippen molar-refractivity contribution in [2.24, 2.45) is 5.41 Å². The van der Waals surface area contributed by atoms with Gasteiger partial charge in [-0.25, -0.2) is 0 Å². The van der Waals surface area contributed by atoms with Crippen LogP contribution in [0, 0.1) is 5.41 Å². The first kappa shape index (κ1) is 10.5. The predicted molar refractivity (Wildman–Crippen MR) is 51.4 cm³/mol. The Morgan fingerprint density at radius 3 is 2.62 bits per heavy atom. The van der Waals surface area contributed by atoms with Gasteiger partial charge in [-0.2, -0.15) is 0 Å². The molecule has 1 N–H and O–H groups in total. The summed E-state index contributed by atoms with van der Waals surface area (Å²) in [5.74, 6) is 0.114. The Balaban J connectivity index is 2.35. The summed E-state index contributed by atoms with van der Waals surface area (Å²) in [6.07, 6.45) is 2.09. The number of nitrogens with one attached hydrogen (secondary N) is 1. The molecule has 0 aliphatic carbocycles. The first-order valence-corrected chi connectivity index (χ1v) is 4.89. The number of carbonyl (C=O) groups excluding carboxylic acids is 1. The molecule has 1 unspecified atom stereocenters. The van der Waals surface area contributed by atoms with Crippen LogP contribution in [0.15, 0.2) is 0 Å². The lowest BCUT2D eigenvalue weighted by Crippen LogP contribution is -2.45. The number of hydrogen-bond acceptors (Lipinski definition) is 2. The number of amides is 1. The van der Waals surface area contributed by atoms with Crippen LogP contribution < -0.4 is 5.32 Å². The minimum atomic E-state index is -0.294. The average molecular weight is 185 g/mol. The number of hydrogen-bond donors (Lipinski definition) is 1. The van der Waals surface area contributed by atoms with Crippen molar-refractivity contribution in [3.05, 3.63) is 0 Å². The maximum Gasteiger partial charge on any atom is 0.225 e. The second-order valence-corrected chi connectivity index (χ2v) is 4.64. The molecule has 0 aromatic heterocycles. The Bertz CT molecular complexity index is 178. The molecule has 1 saturated heterocycles. The molecule has 1 rings (SSSR count). The van der Waals surface area contributed by atoms with E-state index in [4.69, 9.17) is 4.74 Å². The summed E-state index contributed by atoms with van der Waals surface area (Å²) in [7, 11) is 0. The van der Waals surface area contributed by atoms with Gasteiger partial charge in [-0.3, -0.25) is 4.79 Å². The van der Waals surface area contributed by atoms with Gasteiger partial charge in [0.1, 0.15) is 0 Å². The van der Waals surface area contributed by atoms with Crippen molar-refractivity contribution in [3.8, 4) is 0 Å². The molecule has 1 heterocycles. The third kappa shape index (κ3) is 3.35. The van der Waals surface area contributed by atoms with Gasteiger partial charge in [0.15, 0.2) is 0 Å². The van der Waals surface area contributed by atoms with Gasteiger partial charge in [-0.05, 0) is 12.8 Å². The summed E-state index contributed by atoms with van der Waals surface area (Å²) in [6.45, 7) is 7.27. The van der Waals surface area contributed by atoms with Gasteiger partial charge in [0.2, 0.25) is 5.91 Å². The van der Waals surface area contributed by atoms with E-state index in [2.05, 4.69) is 5.32 Å². The van der Waals surface area contributed by atoms with Crippen molar-refractivity contribution >= 4 is 5.91 Å². The van der Waals surface area contributed by atoms with Crippen LogP contribution in [0.4, 0.5) is 0 Å². The van der Waals surface area contributed by atoms with E-state index in [9.17, 15) is 4.79 Å². The molecule has 1 amide bonds. The van der Waals surface area contributed by atoms with Crippen LogP contribution in [-0.2, 0) is 9.53 Å². The number of carbonyl (C=O) groups is 1. The molecule has 3 heteroatoms. The zero-order valence-electron chi connectivity index (χ0n) is 8.72. The molecular formula is C10H19NO2. The van der Waals surface area contributed by atoms with Crippen molar-refractivity contribution in [2.75, 3.05) is 13.2 Å². The normalized spacial score (nSPS) is 24.1. The Hall–Kier alpha value is -0.570. The summed E-state index contributed by atoms with van der Waals surface area (Å²) in [5, 5.41) is 2.99. The smallest absolute Gasteiger partial charge is 0.225 e. The van der Waals surface area contributed by atoms with Crippen molar-refractivity contribution in [1.82, 2.24) is 5.32 Å². The van der Waals surface area contributed by atoms with Crippen molar-refractivity contribution in [3.63, 3.8) is 0 Å². The highest BCUT2D eigenvalue weighted by atomic mass is 16.5. The Labute approximate surface area is 79.8 Å². The molecule has 0 radical (unpaired) electrons. The van der Waals surface area contributed by atoms with Crippen LogP contribution in [0.1, 0.15) is 33.6 Å². The highest BCUT2D eigenvalue weighted by Gasteiger charge is 2.24. The maximum absolute atomic E-state index is 11.6. The van der Waals surface area contributed by atoms with Gasteiger partial charge in [-0.1, -0.05) is 20.8 Å². The number of rotatable bonds is 1. The molecule has 1 aliphatic heterocycles. The van der Waals surface area contributed by atoms with Gasteiger partial charge in [0.05, 0.1) is 12.6 Å². The summed E-state index contributed by atoms with van der Waals surface area (Å²) < 4.78 is 5.28. The minimum absolute atomic E-state index is 0.114. The van der Waals surface area contributed by atoms with Crippen LogP contribution in [-0.4, -0.2) is 25.2 Å². The van der Waals surface area contributed by atoms with E-state index in [1.165, 1.54) is 0 Å². The van der Waals surface area contributed by atoms with Crippen LogP contribution in [0.5, 0.6) is 0 Å². The zero-order valence-corrected chi connectivity index (χ0v) is 8.72. The van der Waals surface area contributed by atoms with E-state index >= 15 is 0 Å². The van der Waals surface area contributed by atoms with Crippen LogP contribution in [0.25, 0.3) is 0 Å². The second kappa shape index (κ2) is 4.09. The molecule has 1 aliphatic rings. The monoisotopic (exact) mass is 185 g/mol. The molecule has 0 bridgehead atoms. The van der Waals surface area contributed by atoms with Gasteiger partial charge in [0.25, 0.3) is 0 Å². The minimum Gasteiger partial charge on any atom is -0.379 e. The first-order chi connectivity index (χ1) is 6.00. The topological polar surface area (TPSA) is 38.3 Å². The SMILES string of the molecule is CC(C)(C)C(=O)NC1CCCOC1. The van der Waals surface area contributed by atoms with Gasteiger partial charge < -0.3 is 10.1 Å². The molecule has 0 saturated carbocycles. The van der Waals surface area contributed by atoms with E-state index in [0.717, 1.165) is 19.4 Å². The fourth-order valence-corrected chi connectivity index (χ4v) is 1.26. The highest BCUT2D eigenvalue weighted by Crippen LogP contribution is 2.14. The Kier molecular flexibility index (Phi) is 3.31. The van der Waals surface area contributed by atoms with Crippen LogP contribution >= 0.6 is 0 Å². The van der Waals surface area contributed by atoms with Gasteiger partial charge in [-0.15, -0.1) is 0 Å². The molecule has 76 valence electrons. The van der Waals surface area contributed by atoms with Crippen molar-refractivity contribution < 1.29 is 9.53 Å². The maximum atomic E-state index is 11.6. The average Bonchev–Trinajstić information content (AvgIpc) is 2.04. The van der Waals surface area contributed by atoms with E-state index in [-0.39, 0.29) is 17.4 Å². The quantitative estimate of drug-likeness (QED) is 0.669. The summed E-state index contributed by atoms with van der Waals surface area (Å²) in [6, 6.07) is 0.223. The van der Waals surface area contributed by atoms with E-state index < -0.39 is 0 Å². The van der Waals surface area contributed by atoms with Crippen LogP contribution in [0.2, 0.25) is 0 Å². The second-order valence-electron chi connectivity index (χ2n) is 4.64. The Morgan fingerprint density at radius 1 is 1.46 bits per heavy atom. The van der Waals surface area contributed by atoms with Crippen molar-refractivity contribution in [1.29, 1.82) is 0 Å². The third-order valence-electron chi connectivity index (χ3n) is 2.18. The molecule has 1 atom stereocenters. The first-order valence-electron chi connectivity index (χ1n) is 4.89. The van der Waals surface area contributed by atoms with E-state index in [0.29, 0.717) is 6.61 Å². The molecule has 0 aromatic rings. The largest absolute Gasteiger partial charge is 0.379 e. The van der Waals surface area contributed by atoms with Crippen molar-refractivity contribution in [2.45, 2.75) is 39.7 Å². The van der Waals surface area contributed by atoms with Gasteiger partial charge >= 0.3 is 0 Å². The highest BCUT2D eigenvalue weighted by molar-refractivity contribution is 5.81. The fraction of sp³-hybridized carbons (Fsp3) is 0.900. The van der Waals surface area contributed by atoms with E-state index in [1.807, 2.05) is 20.8 Å². The van der Waals surface area contributed by atoms with Crippen LogP contribution in [0.3, 0.4) is 0 Å². The lowest BCUT2D eigenvalue weighted by Gasteiger charge is -2.27. The molecule has 0 aromatic carbocycles. The third-order valence-corrected chi connectivity index (χ3v) is 2.18. The lowest BCUT2D eigenvalue weighted by molar-refractivity contribution is -0.130. The Morgan fingerprint density at radius 2 is 2.15 bits per heavy atom. The standard InChI is InChI=1S/C10H19NO2/c1-10(2,3)9(12)11-8-5-4-6-13-7-8/h8H,4-7H2,1-3H3,(H,11,12). The predicted octanol–water partition coefficient (Wildman–Crippen LogP) is 1.33. The summed E-state index contributed by atoms with van der Waals surface area (Å²) >= 11 is 0. The molecule has 0 spiro atoms. The molecule has 1 fully saturated rings. The van der Waals surface area contributed by atoms with E-state index in [1.54, 1.807) is 0 Å². The molecule has 13 heavy (non-hydrogen) atoms. The lowest BCUT2D eigenvalue weighted by atomic mass is 9.95. The molecule has 3 nitrogen and oxygen atoms in total. The zero-order chi connectivity index (χ0) is 9.90. The number of ether oxygens (including phenoxy) is 1.